The zero-order valence-electron chi connectivity index (χ0n) is 14.1. The Labute approximate surface area is 146 Å². The summed E-state index contributed by atoms with van der Waals surface area (Å²) in [4.78, 5) is 25.0. The third kappa shape index (κ3) is 4.85. The first kappa shape index (κ1) is 20.0. The van der Waals surface area contributed by atoms with Gasteiger partial charge in [-0.3, -0.25) is 0 Å². The number of hydrogen-bond donors (Lipinski definition) is 2. The third-order valence-electron chi connectivity index (χ3n) is 3.93. The molecule has 0 saturated carbocycles. The fraction of sp³-hybridized carbons (Fsp3) is 0.643. The van der Waals surface area contributed by atoms with Gasteiger partial charge in [0.15, 0.2) is 0 Å². The summed E-state index contributed by atoms with van der Waals surface area (Å²) in [6.07, 6.45) is -6.29. The zero-order chi connectivity index (χ0) is 19.0. The van der Waals surface area contributed by atoms with Crippen molar-refractivity contribution in [3.63, 3.8) is 0 Å². The van der Waals surface area contributed by atoms with E-state index in [2.05, 4.69) is 15.3 Å². The number of carbonyl (C=O) groups is 1. The predicted octanol–water partition coefficient (Wildman–Crippen LogP) is 2.54. The molecule has 1 aromatic rings. The molecule has 1 aliphatic heterocycles. The van der Waals surface area contributed by atoms with Crippen LogP contribution in [0.4, 0.5) is 28.3 Å². The molecule has 25 heavy (non-hydrogen) atoms. The molecule has 11 heteroatoms. The van der Waals surface area contributed by atoms with E-state index in [4.69, 9.17) is 5.11 Å². The van der Waals surface area contributed by atoms with Crippen molar-refractivity contribution in [1.82, 2.24) is 14.9 Å². The second-order valence-electron chi connectivity index (χ2n) is 6.99. The van der Waals surface area contributed by atoms with Crippen molar-refractivity contribution in [3.05, 3.63) is 11.8 Å². The molecule has 2 atom stereocenters. The van der Waals surface area contributed by atoms with Crippen LogP contribution in [-0.4, -0.2) is 69.7 Å². The number of hydrogen-bond acceptors (Lipinski definition) is 4. The summed E-state index contributed by atoms with van der Waals surface area (Å²) in [7, 11) is 0. The minimum absolute atomic E-state index is 0.0256. The number of nitrogens with zero attached hydrogens (tertiary/aromatic N) is 3. The van der Waals surface area contributed by atoms with Gasteiger partial charge in [-0.2, -0.15) is 0 Å². The Hall–Kier alpha value is -1.33. The monoisotopic (exact) mass is 472 g/mol. The fourth-order valence-corrected chi connectivity index (χ4v) is 6.79. The molecule has 2 heterocycles. The van der Waals surface area contributed by atoms with Crippen LogP contribution in [-0.2, 0) is 6.18 Å². The van der Waals surface area contributed by atoms with Gasteiger partial charge in [0.25, 0.3) is 0 Å². The quantitative estimate of drug-likeness (QED) is 0.524. The maximum absolute atomic E-state index is 14.2. The Morgan fingerprint density at radius 2 is 2.04 bits per heavy atom. The molecule has 0 aliphatic carbocycles. The van der Waals surface area contributed by atoms with Crippen LogP contribution < -0.4 is 9.03 Å². The van der Waals surface area contributed by atoms with E-state index in [-0.39, 0.29) is 29.2 Å². The van der Waals surface area contributed by atoms with E-state index in [1.54, 1.807) is 14.8 Å². The number of halogens is 4. The van der Waals surface area contributed by atoms with Crippen molar-refractivity contribution in [1.29, 1.82) is 0 Å². The van der Waals surface area contributed by atoms with Gasteiger partial charge in [-0.1, -0.05) is 0 Å². The summed E-state index contributed by atoms with van der Waals surface area (Å²) in [6.45, 7) is -0.154. The summed E-state index contributed by atoms with van der Waals surface area (Å²) in [5.74, 6) is -0.0500. The topological polar surface area (TPSA) is 78.4 Å². The number of carboxylic acid groups (broad SMARTS) is 1. The molecule has 1 aromatic heterocycles. The number of nitrogens with one attached hydrogen (secondary N) is 1. The molecule has 1 aliphatic rings. The van der Waals surface area contributed by atoms with Gasteiger partial charge in [-0.05, 0) is 0 Å². The molecule has 2 N–H and O–H groups in total. The Morgan fingerprint density at radius 1 is 1.40 bits per heavy atom. The molecular formula is C14H20F4N4O2Sn. The summed E-state index contributed by atoms with van der Waals surface area (Å²) in [5.41, 5.74) is -0.834. The molecule has 6 nitrogen and oxygen atoms in total. The number of likely N-dealkylation sites (tertiary alicyclic amines) is 1. The van der Waals surface area contributed by atoms with Gasteiger partial charge in [-0.25, -0.2) is 0 Å². The van der Waals surface area contributed by atoms with Crippen LogP contribution in [0.2, 0.25) is 14.8 Å². The molecular weight excluding hydrogens is 451 g/mol. The average molecular weight is 471 g/mol. The van der Waals surface area contributed by atoms with E-state index in [0.717, 1.165) is 11.1 Å². The van der Waals surface area contributed by atoms with Crippen LogP contribution in [0.15, 0.2) is 6.20 Å². The predicted molar refractivity (Wildman–Crippen MR) is 86.5 cm³/mol. The van der Waals surface area contributed by atoms with Crippen molar-refractivity contribution in [2.24, 2.45) is 0 Å². The van der Waals surface area contributed by atoms with Gasteiger partial charge in [-0.15, -0.1) is 0 Å². The van der Waals surface area contributed by atoms with Crippen molar-refractivity contribution >= 4 is 34.1 Å². The van der Waals surface area contributed by atoms with Gasteiger partial charge < -0.3 is 0 Å². The first-order valence-corrected chi connectivity index (χ1v) is 17.7. The first-order chi connectivity index (χ1) is 11.4. The molecule has 2 rings (SSSR count). The molecule has 1 saturated heterocycles. The molecule has 0 spiro atoms. The van der Waals surface area contributed by atoms with E-state index in [1.165, 1.54) is 0 Å². The first-order valence-electron chi connectivity index (χ1n) is 7.73. The van der Waals surface area contributed by atoms with E-state index in [1.807, 2.05) is 0 Å². The maximum atomic E-state index is 14.2. The second kappa shape index (κ2) is 7.12. The Balaban J connectivity index is 2.22. The number of piperidine rings is 1. The SMILES string of the molecule is [CH3][Sn]([CH3])([CH3])[c]1nc(N[C@@H]2CCN(C(=O)O)C[C@H]2F)ncc1C(F)(F)F. The van der Waals surface area contributed by atoms with E-state index in [0.29, 0.717) is 0 Å². The van der Waals surface area contributed by atoms with Gasteiger partial charge >= 0.3 is 146 Å². The van der Waals surface area contributed by atoms with E-state index in [9.17, 15) is 22.4 Å². The van der Waals surface area contributed by atoms with Crippen LogP contribution in [0, 0.1) is 0 Å². The van der Waals surface area contributed by atoms with Crippen LogP contribution in [0.3, 0.4) is 0 Å². The Kier molecular flexibility index (Phi) is 5.69. The van der Waals surface area contributed by atoms with Crippen molar-refractivity contribution < 1.29 is 27.5 Å². The molecule has 0 unspecified atom stereocenters. The Bertz CT molecular complexity index is 651. The average Bonchev–Trinajstić information content (AvgIpc) is 2.47. The van der Waals surface area contributed by atoms with E-state index >= 15 is 0 Å². The number of aromatic nitrogens is 2. The van der Waals surface area contributed by atoms with Crippen molar-refractivity contribution in [3.8, 4) is 0 Å². The molecule has 0 bridgehead atoms. The third-order valence-corrected chi connectivity index (χ3v) is 9.07. The van der Waals surface area contributed by atoms with Crippen LogP contribution in [0.25, 0.3) is 0 Å². The van der Waals surface area contributed by atoms with Crippen molar-refractivity contribution in [2.75, 3.05) is 18.4 Å². The molecule has 0 aromatic carbocycles. The second-order valence-corrected chi connectivity index (χ2v) is 21.2. The minimum atomic E-state index is -4.53. The summed E-state index contributed by atoms with van der Waals surface area (Å²) in [5, 5.41) is 11.6. The number of rotatable bonds is 3. The standard InChI is InChI=1S/C11H11F4N4O2.3CH3.Sn/c12-7-5-19(10(20)21)2-1-8(7)18-9-16-3-6(4-17-9)11(13,14)15;;;;/h3,7-8H,1-2,5H2,(H,20,21)(H,16,17,18);3*1H3;/t7-,8-;;;;/m1..../s1. The fourth-order valence-electron chi connectivity index (χ4n) is 2.64. The molecule has 140 valence electrons. The van der Waals surface area contributed by atoms with E-state index < -0.39 is 48.4 Å². The van der Waals surface area contributed by atoms with Crippen LogP contribution in [0.5, 0.6) is 0 Å². The summed E-state index contributed by atoms with van der Waals surface area (Å²) in [6, 6.07) is -0.740. The summed E-state index contributed by atoms with van der Waals surface area (Å²) < 4.78 is 53.7. The number of anilines is 1. The van der Waals surface area contributed by atoms with Gasteiger partial charge in [0, 0.05) is 0 Å². The van der Waals surface area contributed by atoms with Gasteiger partial charge in [0.05, 0.1) is 0 Å². The summed E-state index contributed by atoms with van der Waals surface area (Å²) >= 11 is -3.20. The number of alkyl halides is 4. The normalized spacial score (nSPS) is 22.0. The number of amides is 1. The molecule has 1 amide bonds. The van der Waals surface area contributed by atoms with Gasteiger partial charge in [0.1, 0.15) is 0 Å². The molecule has 0 radical (unpaired) electrons. The molecule has 1 fully saturated rings. The van der Waals surface area contributed by atoms with Crippen LogP contribution in [0.1, 0.15) is 12.0 Å². The Morgan fingerprint density at radius 3 is 2.52 bits per heavy atom. The van der Waals surface area contributed by atoms with Gasteiger partial charge in [0.2, 0.25) is 0 Å². The van der Waals surface area contributed by atoms with Crippen LogP contribution >= 0.6 is 0 Å². The zero-order valence-corrected chi connectivity index (χ0v) is 16.9. The van der Waals surface area contributed by atoms with Crippen molar-refractivity contribution in [2.45, 2.75) is 39.6 Å².